The Labute approximate surface area is 105 Å². The van der Waals surface area contributed by atoms with Crippen molar-refractivity contribution in [3.63, 3.8) is 0 Å². The number of carboxylic acid groups (broad SMARTS) is 1. The number of aromatic nitrogens is 1. The van der Waals surface area contributed by atoms with Crippen molar-refractivity contribution in [3.8, 4) is 0 Å². The van der Waals surface area contributed by atoms with E-state index in [0.29, 0.717) is 6.42 Å². The van der Waals surface area contributed by atoms with Gasteiger partial charge >= 0.3 is 5.97 Å². The zero-order valence-corrected chi connectivity index (χ0v) is 9.91. The first-order chi connectivity index (χ1) is 8.77. The Morgan fingerprint density at radius 3 is 3.06 bits per heavy atom. The van der Waals surface area contributed by atoms with Crippen molar-refractivity contribution in [3.05, 3.63) is 36.5 Å². The van der Waals surface area contributed by atoms with E-state index in [9.17, 15) is 9.90 Å². The topological polar surface area (TPSA) is 53.4 Å². The van der Waals surface area contributed by atoms with Crippen LogP contribution in [0.1, 0.15) is 12.8 Å². The number of anilines is 1. The van der Waals surface area contributed by atoms with E-state index < -0.39 is 12.0 Å². The van der Waals surface area contributed by atoms with Gasteiger partial charge in [0, 0.05) is 23.8 Å². The largest absolute Gasteiger partial charge is 0.480 e. The minimum Gasteiger partial charge on any atom is -0.480 e. The van der Waals surface area contributed by atoms with Gasteiger partial charge in [-0.05, 0) is 37.1 Å². The lowest BCUT2D eigenvalue weighted by atomic mass is 10.1. The molecule has 1 saturated heterocycles. The Balaban J connectivity index is 2.11. The molecule has 3 rings (SSSR count). The molecule has 4 heteroatoms. The molecule has 18 heavy (non-hydrogen) atoms. The highest BCUT2D eigenvalue weighted by Gasteiger charge is 2.31. The van der Waals surface area contributed by atoms with E-state index in [1.165, 1.54) is 0 Å². The number of aliphatic carboxylic acids is 1. The lowest BCUT2D eigenvalue weighted by Gasteiger charge is -2.24. The molecule has 1 aliphatic heterocycles. The average molecular weight is 242 g/mol. The fourth-order valence-electron chi connectivity index (χ4n) is 2.65. The second kappa shape index (κ2) is 4.29. The first-order valence-electron chi connectivity index (χ1n) is 6.10. The van der Waals surface area contributed by atoms with Gasteiger partial charge in [-0.2, -0.15) is 0 Å². The molecule has 0 spiro atoms. The van der Waals surface area contributed by atoms with Crippen molar-refractivity contribution in [2.75, 3.05) is 11.4 Å². The van der Waals surface area contributed by atoms with Gasteiger partial charge in [0.1, 0.15) is 6.04 Å². The van der Waals surface area contributed by atoms with Gasteiger partial charge in [-0.15, -0.1) is 0 Å². The van der Waals surface area contributed by atoms with Gasteiger partial charge in [-0.3, -0.25) is 4.98 Å². The van der Waals surface area contributed by atoms with Crippen LogP contribution in [0.15, 0.2) is 36.5 Å². The van der Waals surface area contributed by atoms with Crippen LogP contribution < -0.4 is 4.90 Å². The maximum absolute atomic E-state index is 11.3. The van der Waals surface area contributed by atoms with E-state index in [0.717, 1.165) is 29.6 Å². The maximum Gasteiger partial charge on any atom is 0.326 e. The molecule has 2 heterocycles. The van der Waals surface area contributed by atoms with Gasteiger partial charge in [-0.1, -0.05) is 6.07 Å². The van der Waals surface area contributed by atoms with Crippen LogP contribution in [0.5, 0.6) is 0 Å². The van der Waals surface area contributed by atoms with E-state index in [4.69, 9.17) is 0 Å². The third kappa shape index (κ3) is 1.70. The van der Waals surface area contributed by atoms with Crippen LogP contribution in [-0.2, 0) is 4.79 Å². The molecule has 1 aliphatic rings. The third-order valence-electron chi connectivity index (χ3n) is 3.47. The van der Waals surface area contributed by atoms with Crippen LogP contribution in [0.4, 0.5) is 5.69 Å². The molecular weight excluding hydrogens is 228 g/mol. The predicted octanol–water partition coefficient (Wildman–Crippen LogP) is 2.29. The molecule has 1 fully saturated rings. The Bertz CT molecular complexity index is 592. The number of rotatable bonds is 2. The Kier molecular flexibility index (Phi) is 2.63. The van der Waals surface area contributed by atoms with E-state index in [2.05, 4.69) is 4.98 Å². The number of hydrogen-bond acceptors (Lipinski definition) is 3. The summed E-state index contributed by atoms with van der Waals surface area (Å²) in [5.74, 6) is -0.742. The summed E-state index contributed by atoms with van der Waals surface area (Å²) in [5.41, 5.74) is 1.89. The number of nitrogens with zero attached hydrogens (tertiary/aromatic N) is 2. The van der Waals surface area contributed by atoms with Crippen LogP contribution in [0.25, 0.3) is 10.9 Å². The van der Waals surface area contributed by atoms with Crippen molar-refractivity contribution < 1.29 is 9.90 Å². The summed E-state index contributed by atoms with van der Waals surface area (Å²) < 4.78 is 0. The van der Waals surface area contributed by atoms with Crippen LogP contribution in [0, 0.1) is 0 Å². The summed E-state index contributed by atoms with van der Waals surface area (Å²) in [6.45, 7) is 0.797. The molecule has 1 aromatic carbocycles. The molecule has 1 atom stereocenters. The Morgan fingerprint density at radius 2 is 2.22 bits per heavy atom. The Morgan fingerprint density at radius 1 is 1.33 bits per heavy atom. The van der Waals surface area contributed by atoms with Crippen LogP contribution >= 0.6 is 0 Å². The van der Waals surface area contributed by atoms with E-state index >= 15 is 0 Å². The van der Waals surface area contributed by atoms with Crippen molar-refractivity contribution in [1.29, 1.82) is 0 Å². The fourth-order valence-corrected chi connectivity index (χ4v) is 2.65. The van der Waals surface area contributed by atoms with Crippen LogP contribution in [0.3, 0.4) is 0 Å². The second-order valence-corrected chi connectivity index (χ2v) is 4.54. The van der Waals surface area contributed by atoms with Crippen molar-refractivity contribution in [2.24, 2.45) is 0 Å². The molecule has 0 unspecified atom stereocenters. The van der Waals surface area contributed by atoms with Gasteiger partial charge in [0.25, 0.3) is 0 Å². The standard InChI is InChI=1S/C14H14N2O2/c17-14(18)13-7-3-9-16(13)12-6-1-5-11-10(12)4-2-8-15-11/h1-2,4-6,8,13H,3,7,9H2,(H,17,18)/t13-/m1/s1. The van der Waals surface area contributed by atoms with Gasteiger partial charge in [0.05, 0.1) is 5.52 Å². The minimum absolute atomic E-state index is 0.407. The molecule has 1 aromatic heterocycles. The molecular formula is C14H14N2O2. The van der Waals surface area contributed by atoms with E-state index in [1.807, 2.05) is 35.2 Å². The van der Waals surface area contributed by atoms with Crippen molar-refractivity contribution in [2.45, 2.75) is 18.9 Å². The summed E-state index contributed by atoms with van der Waals surface area (Å²) in [6.07, 6.45) is 3.39. The Hall–Kier alpha value is -2.10. The number of pyridine rings is 1. The number of carboxylic acids is 1. The lowest BCUT2D eigenvalue weighted by Crippen LogP contribution is -2.35. The maximum atomic E-state index is 11.3. The molecule has 92 valence electrons. The first-order valence-corrected chi connectivity index (χ1v) is 6.10. The smallest absolute Gasteiger partial charge is 0.326 e. The van der Waals surface area contributed by atoms with Crippen molar-refractivity contribution in [1.82, 2.24) is 4.98 Å². The van der Waals surface area contributed by atoms with E-state index in [1.54, 1.807) is 6.20 Å². The van der Waals surface area contributed by atoms with Crippen LogP contribution in [0.2, 0.25) is 0 Å². The summed E-state index contributed by atoms with van der Waals surface area (Å²) in [4.78, 5) is 17.6. The number of benzene rings is 1. The lowest BCUT2D eigenvalue weighted by molar-refractivity contribution is -0.138. The summed E-state index contributed by atoms with van der Waals surface area (Å²) >= 11 is 0. The summed E-state index contributed by atoms with van der Waals surface area (Å²) in [5, 5.41) is 10.3. The van der Waals surface area contributed by atoms with Crippen molar-refractivity contribution >= 4 is 22.6 Å². The highest BCUT2D eigenvalue weighted by molar-refractivity contribution is 5.94. The van der Waals surface area contributed by atoms with Crippen LogP contribution in [-0.4, -0.2) is 28.6 Å². The molecule has 4 nitrogen and oxygen atoms in total. The monoisotopic (exact) mass is 242 g/mol. The minimum atomic E-state index is -0.742. The van der Waals surface area contributed by atoms with Gasteiger partial charge in [0.2, 0.25) is 0 Å². The van der Waals surface area contributed by atoms with E-state index in [-0.39, 0.29) is 0 Å². The molecule has 2 aromatic rings. The summed E-state index contributed by atoms with van der Waals surface area (Å²) in [7, 11) is 0. The SMILES string of the molecule is O=C(O)[C@H]1CCCN1c1cccc2ncccc12. The second-order valence-electron chi connectivity index (χ2n) is 4.54. The van der Waals surface area contributed by atoms with Gasteiger partial charge in [-0.25, -0.2) is 4.79 Å². The number of hydrogen-bond donors (Lipinski definition) is 1. The fraction of sp³-hybridized carbons (Fsp3) is 0.286. The molecule has 0 amide bonds. The molecule has 0 saturated carbocycles. The first kappa shape index (κ1) is 11.0. The summed E-state index contributed by atoms with van der Waals surface area (Å²) in [6, 6.07) is 9.33. The van der Waals surface area contributed by atoms with Gasteiger partial charge in [0.15, 0.2) is 0 Å². The quantitative estimate of drug-likeness (QED) is 0.877. The predicted molar refractivity (Wildman–Crippen MR) is 69.7 cm³/mol. The number of carbonyl (C=O) groups is 1. The van der Waals surface area contributed by atoms with Gasteiger partial charge < -0.3 is 10.0 Å². The number of fused-ring (bicyclic) bond motifs is 1. The molecule has 1 N–H and O–H groups in total. The zero-order valence-electron chi connectivity index (χ0n) is 9.91. The molecule has 0 radical (unpaired) electrons. The molecule has 0 aliphatic carbocycles. The average Bonchev–Trinajstić information content (AvgIpc) is 2.87. The normalized spacial score (nSPS) is 19.3. The zero-order chi connectivity index (χ0) is 12.5. The molecule has 0 bridgehead atoms. The highest BCUT2D eigenvalue weighted by atomic mass is 16.4. The third-order valence-corrected chi connectivity index (χ3v) is 3.47. The highest BCUT2D eigenvalue weighted by Crippen LogP contribution is 2.31.